The van der Waals surface area contributed by atoms with Crippen LogP contribution in [-0.2, 0) is 13.6 Å². The minimum absolute atomic E-state index is 0.00535. The van der Waals surface area contributed by atoms with Crippen LogP contribution in [0.5, 0.6) is 0 Å². The van der Waals surface area contributed by atoms with Crippen LogP contribution in [0.15, 0.2) is 21.7 Å². The average molecular weight is 456 g/mol. The molecule has 11 heteroatoms. The van der Waals surface area contributed by atoms with Crippen LogP contribution in [0.3, 0.4) is 0 Å². The molecule has 0 radical (unpaired) electrons. The molecule has 1 unspecified atom stereocenters. The van der Waals surface area contributed by atoms with Crippen LogP contribution in [0.1, 0.15) is 5.56 Å². The molecule has 0 amide bonds. The lowest BCUT2D eigenvalue weighted by atomic mass is 10.1. The van der Waals surface area contributed by atoms with E-state index in [1.807, 2.05) is 24.0 Å². The van der Waals surface area contributed by atoms with E-state index < -0.39 is 24.0 Å². The Morgan fingerprint density at radius 1 is 1.17 bits per heavy atom. The molecule has 2 aliphatic heterocycles. The minimum Gasteiger partial charge on any atom is -0.394 e. The second-order valence-corrected chi connectivity index (χ2v) is 7.74. The van der Waals surface area contributed by atoms with Crippen molar-refractivity contribution < 1.29 is 10.2 Å². The number of fused-ring (bicyclic) bond motifs is 2. The minimum atomic E-state index is -1.10. The molecule has 2 heterocycles. The van der Waals surface area contributed by atoms with Gasteiger partial charge in [-0.15, -0.1) is 23.2 Å². The summed E-state index contributed by atoms with van der Waals surface area (Å²) < 4.78 is 2.43. The highest BCUT2D eigenvalue weighted by atomic mass is 35.5. The number of nitrogens with zero attached hydrogens (tertiary/aromatic N) is 5. The third kappa shape index (κ3) is 4.15. The van der Waals surface area contributed by atoms with Crippen LogP contribution in [-0.4, -0.2) is 66.9 Å². The van der Waals surface area contributed by atoms with Gasteiger partial charge < -0.3 is 19.7 Å². The molecule has 0 bridgehead atoms. The molecule has 0 fully saturated rings. The van der Waals surface area contributed by atoms with Crippen molar-refractivity contribution >= 4 is 39.9 Å². The van der Waals surface area contributed by atoms with Gasteiger partial charge in [-0.1, -0.05) is 0 Å². The van der Waals surface area contributed by atoms with E-state index in [2.05, 4.69) is 9.97 Å². The van der Waals surface area contributed by atoms with Crippen molar-refractivity contribution in [3.8, 4) is 11.5 Å². The summed E-state index contributed by atoms with van der Waals surface area (Å²) in [6.45, 7) is 2.54. The van der Waals surface area contributed by atoms with Crippen molar-refractivity contribution in [3.05, 3.63) is 38.5 Å². The molecule has 1 aromatic rings. The molecular weight excluding hydrogens is 433 g/mol. The number of aromatic nitrogens is 4. The Bertz CT molecular complexity index is 1140. The Kier molecular flexibility index (Phi) is 6.97. The van der Waals surface area contributed by atoms with Crippen molar-refractivity contribution in [2.45, 2.75) is 19.6 Å². The molecule has 0 aromatic heterocycles. The largest absolute Gasteiger partial charge is 0.394 e. The maximum atomic E-state index is 12.7. The van der Waals surface area contributed by atoms with Gasteiger partial charge in [-0.3, -0.25) is 9.36 Å². The number of hydrogen-bond acceptors (Lipinski definition) is 7. The second kappa shape index (κ2) is 9.30. The summed E-state index contributed by atoms with van der Waals surface area (Å²) in [5, 5.41) is 19.4. The zero-order valence-electron chi connectivity index (χ0n) is 16.7. The van der Waals surface area contributed by atoms with Crippen LogP contribution in [0.4, 0.5) is 5.69 Å². The zero-order chi connectivity index (χ0) is 22.0. The number of halogens is 2. The van der Waals surface area contributed by atoms with E-state index in [1.165, 1.54) is 7.05 Å². The number of aryl methyl sites for hydroxylation is 1. The smallest absolute Gasteiger partial charge is 0.352 e. The normalized spacial score (nSPS) is 12.6. The molecule has 3 rings (SSSR count). The Balaban J connectivity index is 2.37. The summed E-state index contributed by atoms with van der Waals surface area (Å²) in [5.41, 5.74) is 1.54. The molecule has 1 aromatic carbocycles. The van der Waals surface area contributed by atoms with Crippen LogP contribution in [0, 0.1) is 6.92 Å². The van der Waals surface area contributed by atoms with Gasteiger partial charge in [0.25, 0.3) is 5.56 Å². The van der Waals surface area contributed by atoms with Crippen molar-refractivity contribution in [2.24, 2.45) is 7.05 Å². The van der Waals surface area contributed by atoms with Crippen molar-refractivity contribution in [3.63, 3.8) is 0 Å². The average Bonchev–Trinajstić information content (AvgIpc) is 2.72. The topological polar surface area (TPSA) is 113 Å². The number of aliphatic hydroxyl groups is 2. The van der Waals surface area contributed by atoms with E-state index in [4.69, 9.17) is 23.2 Å². The fourth-order valence-corrected chi connectivity index (χ4v) is 3.82. The number of rotatable bonds is 8. The quantitative estimate of drug-likeness (QED) is 0.376. The van der Waals surface area contributed by atoms with Crippen molar-refractivity contribution in [2.75, 3.05) is 36.4 Å². The molecular formula is C19H23Cl2N5O4. The number of alkyl halides is 2. The van der Waals surface area contributed by atoms with E-state index in [-0.39, 0.29) is 18.1 Å². The van der Waals surface area contributed by atoms with Gasteiger partial charge in [0.2, 0.25) is 0 Å². The predicted octanol–water partition coefficient (Wildman–Crippen LogP) is 0.541. The maximum Gasteiger partial charge on any atom is 0.352 e. The lowest BCUT2D eigenvalue weighted by Crippen LogP contribution is -2.37. The first-order valence-electron chi connectivity index (χ1n) is 9.40. The van der Waals surface area contributed by atoms with E-state index in [0.29, 0.717) is 35.9 Å². The molecule has 0 saturated heterocycles. The van der Waals surface area contributed by atoms with E-state index >= 15 is 0 Å². The molecule has 30 heavy (non-hydrogen) atoms. The number of benzene rings is 1. The Morgan fingerprint density at radius 3 is 2.43 bits per heavy atom. The van der Waals surface area contributed by atoms with Gasteiger partial charge in [-0.2, -0.15) is 4.98 Å². The molecule has 0 aliphatic carbocycles. The molecule has 2 aliphatic rings. The Labute approximate surface area is 182 Å². The fraction of sp³-hybridized carbons (Fsp3) is 0.474. The van der Waals surface area contributed by atoms with E-state index in [9.17, 15) is 19.8 Å². The van der Waals surface area contributed by atoms with Crippen molar-refractivity contribution in [1.82, 2.24) is 19.1 Å². The molecule has 9 nitrogen and oxygen atoms in total. The van der Waals surface area contributed by atoms with Crippen LogP contribution < -0.4 is 16.1 Å². The van der Waals surface area contributed by atoms with Crippen LogP contribution in [0.25, 0.3) is 22.6 Å². The van der Waals surface area contributed by atoms with Gasteiger partial charge in [0.15, 0.2) is 11.5 Å². The highest BCUT2D eigenvalue weighted by molar-refractivity contribution is 6.18. The monoisotopic (exact) mass is 455 g/mol. The van der Waals surface area contributed by atoms with Gasteiger partial charge in [0.1, 0.15) is 0 Å². The van der Waals surface area contributed by atoms with Gasteiger partial charge in [-0.05, 0) is 24.6 Å². The van der Waals surface area contributed by atoms with Crippen LogP contribution in [0.2, 0.25) is 0 Å². The second-order valence-electron chi connectivity index (χ2n) is 6.98. The predicted molar refractivity (Wildman–Crippen MR) is 117 cm³/mol. The van der Waals surface area contributed by atoms with Gasteiger partial charge in [0, 0.05) is 37.6 Å². The van der Waals surface area contributed by atoms with E-state index in [0.717, 1.165) is 15.8 Å². The van der Waals surface area contributed by atoms with Crippen molar-refractivity contribution in [1.29, 1.82) is 0 Å². The number of anilines is 1. The summed E-state index contributed by atoms with van der Waals surface area (Å²) in [6.07, 6.45) is -1.10. The Morgan fingerprint density at radius 2 is 1.83 bits per heavy atom. The summed E-state index contributed by atoms with van der Waals surface area (Å²) in [5.74, 6) is 0.895. The molecule has 0 spiro atoms. The first kappa shape index (κ1) is 22.5. The first-order chi connectivity index (χ1) is 14.3. The molecule has 0 saturated carbocycles. The summed E-state index contributed by atoms with van der Waals surface area (Å²) >= 11 is 11.9. The molecule has 162 valence electrons. The third-order valence-corrected chi connectivity index (χ3v) is 5.27. The molecule has 2 N–H and O–H groups in total. The van der Waals surface area contributed by atoms with Gasteiger partial charge in [-0.25, -0.2) is 9.78 Å². The fourth-order valence-electron chi connectivity index (χ4n) is 3.41. The Hall–Kier alpha value is -2.20. The number of aliphatic hydroxyl groups excluding tert-OH is 2. The van der Waals surface area contributed by atoms with E-state index in [1.54, 1.807) is 4.57 Å². The van der Waals surface area contributed by atoms with Gasteiger partial charge >= 0.3 is 5.69 Å². The molecule has 1 atom stereocenters. The lowest BCUT2D eigenvalue weighted by Gasteiger charge is -2.26. The van der Waals surface area contributed by atoms with Gasteiger partial charge in [0.05, 0.1) is 30.3 Å². The zero-order valence-corrected chi connectivity index (χ0v) is 18.2. The lowest BCUT2D eigenvalue weighted by molar-refractivity contribution is 0.0822. The first-order valence-corrected chi connectivity index (χ1v) is 10.5. The highest BCUT2D eigenvalue weighted by Crippen LogP contribution is 2.29. The SMILES string of the molecule is Cc1cc2c(cc1N(CCCl)CCCl)nc1c(=O)n(C)c(=O)nc-1n2CC(O)CO. The summed E-state index contributed by atoms with van der Waals surface area (Å²) in [6, 6.07) is 3.68. The van der Waals surface area contributed by atoms with Crippen LogP contribution >= 0.6 is 23.2 Å². The number of hydrogen-bond donors (Lipinski definition) is 2. The summed E-state index contributed by atoms with van der Waals surface area (Å²) in [4.78, 5) is 35.3. The maximum absolute atomic E-state index is 12.7. The summed E-state index contributed by atoms with van der Waals surface area (Å²) in [7, 11) is 1.33. The highest BCUT2D eigenvalue weighted by Gasteiger charge is 2.23. The third-order valence-electron chi connectivity index (χ3n) is 4.93. The standard InChI is InChI=1S/C19H23Cl2N5O4/c1-11-7-15-13(8-14(11)25(5-3-20)6-4-21)22-16-17(26(15)9-12(28)10-27)23-19(30)24(2)18(16)29/h7-8,12,27-28H,3-6,9-10H2,1-2H3.